The van der Waals surface area contributed by atoms with E-state index in [2.05, 4.69) is 6.58 Å². The van der Waals surface area contributed by atoms with Crippen molar-refractivity contribution in [2.24, 2.45) is 11.8 Å². The minimum Gasteiger partial charge on any atom is -0.392 e. The minimum absolute atomic E-state index is 0.213. The summed E-state index contributed by atoms with van der Waals surface area (Å²) in [6.07, 6.45) is 1.55. The van der Waals surface area contributed by atoms with Gasteiger partial charge in [0, 0.05) is 0 Å². The van der Waals surface area contributed by atoms with Crippen molar-refractivity contribution in [3.05, 3.63) is 12.7 Å². The highest BCUT2D eigenvalue weighted by atomic mass is 16.3. The van der Waals surface area contributed by atoms with E-state index in [0.717, 1.165) is 0 Å². The Kier molecular flexibility index (Phi) is 3.55. The zero-order valence-corrected chi connectivity index (χ0v) is 6.46. The van der Waals surface area contributed by atoms with Gasteiger partial charge in [-0.05, 0) is 11.8 Å². The number of rotatable bonds is 3. The fourth-order valence-electron chi connectivity index (χ4n) is 0.747. The lowest BCUT2D eigenvalue weighted by molar-refractivity contribution is 0.0913. The molecule has 0 aliphatic rings. The lowest BCUT2D eigenvalue weighted by atomic mass is 9.95. The standard InChI is InChI=1S/C8H16O/c1-5-7(4)8(9)6(2)3/h5-9H,1H2,2-4H3/t7-,8+/m0/s1. The molecule has 0 spiro atoms. The second kappa shape index (κ2) is 3.67. The fraction of sp³-hybridized carbons (Fsp3) is 0.750. The topological polar surface area (TPSA) is 20.2 Å². The van der Waals surface area contributed by atoms with E-state index in [0.29, 0.717) is 5.92 Å². The first-order chi connectivity index (χ1) is 4.09. The van der Waals surface area contributed by atoms with E-state index in [4.69, 9.17) is 0 Å². The summed E-state index contributed by atoms with van der Waals surface area (Å²) in [5.41, 5.74) is 0. The van der Waals surface area contributed by atoms with E-state index in [1.54, 1.807) is 6.08 Å². The summed E-state index contributed by atoms with van der Waals surface area (Å²) in [7, 11) is 0. The maximum absolute atomic E-state index is 9.32. The minimum atomic E-state index is -0.234. The average molecular weight is 128 g/mol. The number of aliphatic hydroxyl groups excluding tert-OH is 1. The van der Waals surface area contributed by atoms with Gasteiger partial charge in [0.2, 0.25) is 0 Å². The van der Waals surface area contributed by atoms with Gasteiger partial charge < -0.3 is 5.11 Å². The molecule has 0 radical (unpaired) electrons. The monoisotopic (exact) mass is 128 g/mol. The van der Waals surface area contributed by atoms with Crippen LogP contribution in [0.2, 0.25) is 0 Å². The first-order valence-corrected chi connectivity index (χ1v) is 3.40. The zero-order chi connectivity index (χ0) is 7.44. The zero-order valence-electron chi connectivity index (χ0n) is 6.46. The Morgan fingerprint density at radius 2 is 1.78 bits per heavy atom. The van der Waals surface area contributed by atoms with Crippen LogP contribution in [0.1, 0.15) is 20.8 Å². The Morgan fingerprint density at radius 1 is 1.33 bits per heavy atom. The van der Waals surface area contributed by atoms with Crippen molar-refractivity contribution < 1.29 is 5.11 Å². The summed E-state index contributed by atoms with van der Waals surface area (Å²) in [6, 6.07) is 0. The van der Waals surface area contributed by atoms with Crippen LogP contribution in [0.5, 0.6) is 0 Å². The molecule has 1 nitrogen and oxygen atoms in total. The van der Waals surface area contributed by atoms with Crippen molar-refractivity contribution in [3.8, 4) is 0 Å². The SMILES string of the molecule is C=C[C@H](C)[C@H](O)C(C)C. The molecule has 0 aliphatic carbocycles. The van der Waals surface area contributed by atoms with Crippen molar-refractivity contribution in [1.29, 1.82) is 0 Å². The van der Waals surface area contributed by atoms with Gasteiger partial charge in [-0.1, -0.05) is 26.8 Å². The molecule has 0 aromatic rings. The van der Waals surface area contributed by atoms with Gasteiger partial charge in [-0.3, -0.25) is 0 Å². The van der Waals surface area contributed by atoms with Crippen LogP contribution in [0.3, 0.4) is 0 Å². The lowest BCUT2D eigenvalue weighted by Gasteiger charge is -2.18. The molecule has 9 heavy (non-hydrogen) atoms. The predicted molar refractivity (Wildman–Crippen MR) is 40.2 cm³/mol. The first kappa shape index (κ1) is 8.70. The molecule has 0 saturated carbocycles. The summed E-state index contributed by atoms with van der Waals surface area (Å²) >= 11 is 0. The third-order valence-corrected chi connectivity index (χ3v) is 1.59. The van der Waals surface area contributed by atoms with Gasteiger partial charge in [-0.15, -0.1) is 6.58 Å². The molecule has 0 rings (SSSR count). The third-order valence-electron chi connectivity index (χ3n) is 1.59. The molecule has 0 unspecified atom stereocenters. The molecule has 1 heteroatoms. The van der Waals surface area contributed by atoms with E-state index in [1.165, 1.54) is 0 Å². The van der Waals surface area contributed by atoms with Crippen molar-refractivity contribution in [2.45, 2.75) is 26.9 Å². The predicted octanol–water partition coefficient (Wildman–Crippen LogP) is 1.83. The quantitative estimate of drug-likeness (QED) is 0.575. The second-order valence-electron chi connectivity index (χ2n) is 2.83. The van der Waals surface area contributed by atoms with E-state index in [9.17, 15) is 5.11 Å². The lowest BCUT2D eigenvalue weighted by Crippen LogP contribution is -2.21. The highest BCUT2D eigenvalue weighted by Gasteiger charge is 2.13. The molecular weight excluding hydrogens is 112 g/mol. The van der Waals surface area contributed by atoms with Gasteiger partial charge in [0.1, 0.15) is 0 Å². The highest BCUT2D eigenvalue weighted by Crippen LogP contribution is 2.12. The van der Waals surface area contributed by atoms with Crippen LogP contribution in [0.15, 0.2) is 12.7 Å². The summed E-state index contributed by atoms with van der Waals surface area (Å²) in [6.45, 7) is 9.58. The van der Waals surface area contributed by atoms with Crippen molar-refractivity contribution in [3.63, 3.8) is 0 Å². The number of aliphatic hydroxyl groups is 1. The van der Waals surface area contributed by atoms with Crippen LogP contribution in [0, 0.1) is 11.8 Å². The molecule has 0 aromatic carbocycles. The number of hydrogen-bond acceptors (Lipinski definition) is 1. The molecule has 0 fully saturated rings. The van der Waals surface area contributed by atoms with Gasteiger partial charge in [0.25, 0.3) is 0 Å². The van der Waals surface area contributed by atoms with Gasteiger partial charge >= 0.3 is 0 Å². The molecule has 54 valence electrons. The van der Waals surface area contributed by atoms with Crippen LogP contribution >= 0.6 is 0 Å². The van der Waals surface area contributed by atoms with E-state index >= 15 is 0 Å². The average Bonchev–Trinajstić information content (AvgIpc) is 1.84. The van der Waals surface area contributed by atoms with Crippen molar-refractivity contribution >= 4 is 0 Å². The fourth-order valence-corrected chi connectivity index (χ4v) is 0.747. The molecule has 0 aliphatic heterocycles. The molecular formula is C8H16O. The van der Waals surface area contributed by atoms with Crippen molar-refractivity contribution in [2.75, 3.05) is 0 Å². The van der Waals surface area contributed by atoms with Gasteiger partial charge in [0.15, 0.2) is 0 Å². The first-order valence-electron chi connectivity index (χ1n) is 3.40. The van der Waals surface area contributed by atoms with Gasteiger partial charge in [-0.2, -0.15) is 0 Å². The Morgan fingerprint density at radius 3 is 1.89 bits per heavy atom. The maximum Gasteiger partial charge on any atom is 0.0622 e. The van der Waals surface area contributed by atoms with Crippen LogP contribution < -0.4 is 0 Å². The largest absolute Gasteiger partial charge is 0.392 e. The van der Waals surface area contributed by atoms with Crippen LogP contribution in [-0.4, -0.2) is 11.2 Å². The normalized spacial score (nSPS) is 17.4. The smallest absolute Gasteiger partial charge is 0.0622 e. The third kappa shape index (κ3) is 2.66. The molecule has 0 bridgehead atoms. The molecule has 2 atom stereocenters. The maximum atomic E-state index is 9.32. The summed E-state index contributed by atoms with van der Waals surface area (Å²) in [5, 5.41) is 9.32. The van der Waals surface area contributed by atoms with Crippen LogP contribution in [-0.2, 0) is 0 Å². The molecule has 0 amide bonds. The van der Waals surface area contributed by atoms with Crippen LogP contribution in [0.4, 0.5) is 0 Å². The summed E-state index contributed by atoms with van der Waals surface area (Å²) in [4.78, 5) is 0. The highest BCUT2D eigenvalue weighted by molar-refractivity contribution is 4.82. The summed E-state index contributed by atoms with van der Waals surface area (Å²) < 4.78 is 0. The molecule has 1 N–H and O–H groups in total. The Labute approximate surface area is 57.4 Å². The summed E-state index contributed by atoms with van der Waals surface area (Å²) in [5.74, 6) is 0.544. The van der Waals surface area contributed by atoms with Crippen LogP contribution in [0.25, 0.3) is 0 Å². The Hall–Kier alpha value is -0.300. The second-order valence-corrected chi connectivity index (χ2v) is 2.83. The van der Waals surface area contributed by atoms with E-state index in [1.807, 2.05) is 20.8 Å². The van der Waals surface area contributed by atoms with E-state index < -0.39 is 0 Å². The molecule has 0 saturated heterocycles. The molecule has 0 heterocycles. The van der Waals surface area contributed by atoms with E-state index in [-0.39, 0.29) is 12.0 Å². The Bertz CT molecular complexity index is 86.6. The van der Waals surface area contributed by atoms with Gasteiger partial charge in [-0.25, -0.2) is 0 Å². The number of hydrogen-bond donors (Lipinski definition) is 1. The Balaban J connectivity index is 3.71. The van der Waals surface area contributed by atoms with Crippen molar-refractivity contribution in [1.82, 2.24) is 0 Å². The van der Waals surface area contributed by atoms with Gasteiger partial charge in [0.05, 0.1) is 6.10 Å². The molecule has 0 aromatic heterocycles.